The summed E-state index contributed by atoms with van der Waals surface area (Å²) < 4.78 is 34.1. The second-order valence-corrected chi connectivity index (χ2v) is 17.6. The van der Waals surface area contributed by atoms with Crippen LogP contribution < -0.4 is 20.1 Å². The van der Waals surface area contributed by atoms with Gasteiger partial charge >= 0.3 is 24.1 Å². The molecule has 69 heavy (non-hydrogen) atoms. The molecule has 6 aromatic rings. The maximum atomic E-state index is 12.8. The minimum Gasteiger partial charge on any atom is -0.490 e. The quantitative estimate of drug-likeness (QED) is 0.0195. The van der Waals surface area contributed by atoms with Crippen molar-refractivity contribution in [1.29, 1.82) is 0 Å². The Morgan fingerprint density at radius 3 is 1.29 bits per heavy atom. The maximum Gasteiger partial charge on any atom is 0.407 e. The van der Waals surface area contributed by atoms with E-state index in [4.69, 9.17) is 28.4 Å². The molecule has 2 unspecified atom stereocenters. The number of nitrogens with one attached hydrogen (secondary N) is 2. The first-order valence-corrected chi connectivity index (χ1v) is 24.2. The highest BCUT2D eigenvalue weighted by molar-refractivity contribution is 7.99. The number of hydrogen-bond acceptors (Lipinski definition) is 12. The molecule has 12 nitrogen and oxygen atoms in total. The average Bonchev–Trinajstić information content (AvgIpc) is 3.69. The average molecular weight is 969 g/mol. The second-order valence-electron chi connectivity index (χ2n) is 15.4. The molecule has 0 saturated heterocycles. The highest BCUT2D eigenvalue weighted by atomic mass is 32.2. The molecule has 2 atom stereocenters. The van der Waals surface area contributed by atoms with Crippen LogP contribution in [-0.4, -0.2) is 87.4 Å². The Bertz CT molecular complexity index is 2490. The predicted molar refractivity (Wildman–Crippen MR) is 272 cm³/mol. The van der Waals surface area contributed by atoms with Crippen molar-refractivity contribution in [3.8, 4) is 22.6 Å². The lowest BCUT2D eigenvalue weighted by Crippen LogP contribution is -2.35. The maximum absolute atomic E-state index is 12.8. The van der Waals surface area contributed by atoms with Gasteiger partial charge in [0.2, 0.25) is 0 Å². The molecule has 358 valence electrons. The standard InChI is InChI=1S/C55H52N2O10S2.2H2/c1-3-51(58)62-33-31-56-53(60)66-43(37-68-45-15-7-5-8-16-45)35-64-41-27-23-39(24-28-41)55(49-21-13-11-19-47(49)48-20-12-14-22-50(48)55)40-25-29-42(30-26-40)65-36-44(38-69-46-17-9-6-10-18-46)67-54(61)57-32-34-63-52(59)4-2;;/h3-30,43-44H,1-2,31-38H2,(H,56,60)(H,57,61);2*1H. The smallest absolute Gasteiger partial charge is 0.407 e. The Kier molecular flexibility index (Phi) is 18.0. The molecule has 0 saturated carbocycles. The Morgan fingerprint density at radius 2 is 0.899 bits per heavy atom. The van der Waals surface area contributed by atoms with E-state index in [9.17, 15) is 19.2 Å². The van der Waals surface area contributed by atoms with Gasteiger partial charge in [0.15, 0.2) is 0 Å². The first-order valence-electron chi connectivity index (χ1n) is 22.3. The molecule has 7 rings (SSSR count). The molecular weight excluding hydrogens is 913 g/mol. The number of esters is 2. The molecule has 2 amide bonds. The number of thioether (sulfide) groups is 2. The van der Waals surface area contributed by atoms with Crippen LogP contribution in [0.25, 0.3) is 11.1 Å². The van der Waals surface area contributed by atoms with Gasteiger partial charge in [0.1, 0.15) is 50.1 Å². The highest BCUT2D eigenvalue weighted by Crippen LogP contribution is 2.56. The molecule has 1 aliphatic rings. The van der Waals surface area contributed by atoms with E-state index in [1.54, 1.807) is 23.5 Å². The van der Waals surface area contributed by atoms with Crippen LogP contribution in [0.15, 0.2) is 193 Å². The molecule has 6 aromatic carbocycles. The van der Waals surface area contributed by atoms with Crippen molar-refractivity contribution in [2.24, 2.45) is 0 Å². The molecule has 0 aliphatic heterocycles. The van der Waals surface area contributed by atoms with Crippen LogP contribution in [0.4, 0.5) is 9.59 Å². The zero-order valence-electron chi connectivity index (χ0n) is 37.8. The molecule has 0 radical (unpaired) electrons. The van der Waals surface area contributed by atoms with E-state index < -0.39 is 41.7 Å². The first-order chi connectivity index (χ1) is 33.8. The summed E-state index contributed by atoms with van der Waals surface area (Å²) in [6.45, 7) is 7.04. The Hall–Kier alpha value is -7.42. The Labute approximate surface area is 413 Å². The summed E-state index contributed by atoms with van der Waals surface area (Å²) in [5.74, 6) is 0.909. The van der Waals surface area contributed by atoms with Gasteiger partial charge in [0, 0.05) is 36.3 Å². The van der Waals surface area contributed by atoms with Crippen molar-refractivity contribution >= 4 is 47.6 Å². The van der Waals surface area contributed by atoms with Crippen LogP contribution in [0.3, 0.4) is 0 Å². The molecule has 1 aliphatic carbocycles. The van der Waals surface area contributed by atoms with Gasteiger partial charge in [0.25, 0.3) is 0 Å². The summed E-state index contributed by atoms with van der Waals surface area (Å²) >= 11 is 3.09. The van der Waals surface area contributed by atoms with Gasteiger partial charge in [-0.15, -0.1) is 23.5 Å². The zero-order chi connectivity index (χ0) is 48.3. The van der Waals surface area contributed by atoms with E-state index in [0.29, 0.717) is 23.0 Å². The summed E-state index contributed by atoms with van der Waals surface area (Å²) in [6.07, 6.45) is -0.421. The molecule has 2 N–H and O–H groups in total. The number of alkyl carbamates (subject to hydrolysis) is 2. The Morgan fingerprint density at radius 1 is 0.522 bits per heavy atom. The number of amides is 2. The van der Waals surface area contributed by atoms with Gasteiger partial charge < -0.3 is 39.1 Å². The summed E-state index contributed by atoms with van der Waals surface area (Å²) in [5, 5.41) is 5.26. The van der Waals surface area contributed by atoms with Crippen molar-refractivity contribution in [3.63, 3.8) is 0 Å². The fourth-order valence-electron chi connectivity index (χ4n) is 7.76. The molecule has 0 aromatic heterocycles. The lowest BCUT2D eigenvalue weighted by molar-refractivity contribution is -0.138. The topological polar surface area (TPSA) is 148 Å². The molecule has 0 fully saturated rings. The summed E-state index contributed by atoms with van der Waals surface area (Å²) in [7, 11) is 0. The van der Waals surface area contributed by atoms with Gasteiger partial charge in [-0.25, -0.2) is 19.2 Å². The van der Waals surface area contributed by atoms with Crippen LogP contribution >= 0.6 is 23.5 Å². The third kappa shape index (κ3) is 13.4. The van der Waals surface area contributed by atoms with E-state index in [-0.39, 0.29) is 42.4 Å². The van der Waals surface area contributed by atoms with Crippen LogP contribution in [0, 0.1) is 0 Å². The van der Waals surface area contributed by atoms with E-state index in [0.717, 1.165) is 55.3 Å². The van der Waals surface area contributed by atoms with E-state index in [1.807, 2.05) is 84.9 Å². The SMILES string of the molecule is C=CC(=O)OCCNC(=O)OC(COc1ccc(C2(c3ccc(OCC(CSc4ccccc4)OC(=O)NCCOC(=O)C=C)cc3)c3ccccc3-c3ccccc32)cc1)CSc1ccccc1.[HH].[HH]. The minimum atomic E-state index is -0.712. The number of carbonyl (C=O) groups excluding carboxylic acids is 4. The fourth-order valence-corrected chi connectivity index (χ4v) is 9.55. The van der Waals surface area contributed by atoms with Gasteiger partial charge in [-0.2, -0.15) is 0 Å². The number of rotatable bonds is 24. The van der Waals surface area contributed by atoms with Gasteiger partial charge in [-0.05, 0) is 81.9 Å². The van der Waals surface area contributed by atoms with Crippen molar-refractivity contribution in [1.82, 2.24) is 10.6 Å². The van der Waals surface area contributed by atoms with Crippen LogP contribution in [0.1, 0.15) is 25.1 Å². The molecular formula is C55H56N2O10S2. The molecule has 14 heteroatoms. The van der Waals surface area contributed by atoms with Crippen molar-refractivity contribution < 1.29 is 50.5 Å². The molecule has 0 heterocycles. The van der Waals surface area contributed by atoms with Crippen LogP contribution in [0.5, 0.6) is 11.5 Å². The first kappa shape index (κ1) is 49.5. The summed E-state index contributed by atoms with van der Waals surface area (Å²) in [4.78, 5) is 50.5. The summed E-state index contributed by atoms with van der Waals surface area (Å²) in [5.41, 5.74) is 5.84. The van der Waals surface area contributed by atoms with E-state index in [1.165, 1.54) is 0 Å². The highest BCUT2D eigenvalue weighted by Gasteiger charge is 2.46. The van der Waals surface area contributed by atoms with E-state index >= 15 is 0 Å². The monoisotopic (exact) mass is 968 g/mol. The largest absolute Gasteiger partial charge is 0.490 e. The lowest BCUT2D eigenvalue weighted by atomic mass is 9.68. The third-order valence-electron chi connectivity index (χ3n) is 10.9. The van der Waals surface area contributed by atoms with Crippen molar-refractivity contribution in [2.75, 3.05) is 51.0 Å². The van der Waals surface area contributed by atoms with Gasteiger partial charge in [-0.3, -0.25) is 0 Å². The number of carbonyl (C=O) groups is 4. The third-order valence-corrected chi connectivity index (χ3v) is 13.2. The van der Waals surface area contributed by atoms with Crippen LogP contribution in [0.2, 0.25) is 0 Å². The minimum absolute atomic E-state index is 0. The van der Waals surface area contributed by atoms with Gasteiger partial charge in [-0.1, -0.05) is 122 Å². The normalized spacial score (nSPS) is 12.7. The fraction of sp³-hybridized carbons (Fsp3) is 0.200. The predicted octanol–water partition coefficient (Wildman–Crippen LogP) is 10.5. The van der Waals surface area contributed by atoms with Crippen LogP contribution in [-0.2, 0) is 34.0 Å². The Balaban J connectivity index is 0.00000469. The molecule has 0 bridgehead atoms. The zero-order valence-corrected chi connectivity index (χ0v) is 39.4. The summed E-state index contributed by atoms with van der Waals surface area (Å²) in [6, 6.07) is 52.6. The molecule has 0 spiro atoms. The lowest BCUT2D eigenvalue weighted by Gasteiger charge is -2.34. The number of benzene rings is 6. The second kappa shape index (κ2) is 25.1. The van der Waals surface area contributed by atoms with E-state index in [2.05, 4.69) is 96.6 Å². The number of hydrogen-bond donors (Lipinski definition) is 2. The number of fused-ring (bicyclic) bond motifs is 3. The number of ether oxygens (including phenoxy) is 6. The van der Waals surface area contributed by atoms with Crippen molar-refractivity contribution in [3.05, 3.63) is 205 Å². The van der Waals surface area contributed by atoms with Crippen molar-refractivity contribution in [2.45, 2.75) is 27.4 Å². The van der Waals surface area contributed by atoms with Gasteiger partial charge in [0.05, 0.1) is 18.5 Å².